The van der Waals surface area contributed by atoms with Crippen LogP contribution < -0.4 is 5.32 Å². The van der Waals surface area contributed by atoms with Gasteiger partial charge in [-0.1, -0.05) is 0 Å². The number of hydrogen-bond donors (Lipinski definition) is 2. The topological polar surface area (TPSA) is 88.2 Å². The maximum Gasteiger partial charge on any atom is 0.200 e. The molecule has 0 saturated heterocycles. The maximum atomic E-state index is 9.51. The molecule has 0 amide bonds. The molecule has 0 saturated carbocycles. The summed E-state index contributed by atoms with van der Waals surface area (Å²) in [6.45, 7) is 3.85. The number of fused-ring (bicyclic) bond motifs is 1. The van der Waals surface area contributed by atoms with E-state index in [1.165, 1.54) is 4.63 Å². The molecule has 2 aromatic heterocycles. The van der Waals surface area contributed by atoms with Crippen LogP contribution in [-0.2, 0) is 0 Å². The van der Waals surface area contributed by atoms with Gasteiger partial charge in [0, 0.05) is 6.54 Å². The van der Waals surface area contributed by atoms with E-state index in [0.717, 1.165) is 0 Å². The van der Waals surface area contributed by atoms with Gasteiger partial charge in [-0.3, -0.25) is 0 Å². The van der Waals surface area contributed by atoms with Gasteiger partial charge in [-0.05, 0) is 36.4 Å². The Morgan fingerprint density at radius 1 is 1.47 bits per heavy atom. The quantitative estimate of drug-likeness (QED) is 0.720. The van der Waals surface area contributed by atoms with Crippen molar-refractivity contribution < 1.29 is 5.11 Å². The zero-order valence-corrected chi connectivity index (χ0v) is 8.55. The smallest absolute Gasteiger partial charge is 0.200 e. The SMILES string of the molecule is CC(C)(O)CNc1ccc2nnnn2n1. The number of aromatic nitrogens is 5. The maximum absolute atomic E-state index is 9.51. The minimum Gasteiger partial charge on any atom is -0.389 e. The summed E-state index contributed by atoms with van der Waals surface area (Å²) >= 11 is 0. The van der Waals surface area contributed by atoms with Crippen LogP contribution in [0.25, 0.3) is 5.65 Å². The monoisotopic (exact) mass is 208 g/mol. The Morgan fingerprint density at radius 2 is 2.27 bits per heavy atom. The number of anilines is 1. The third kappa shape index (κ3) is 2.38. The summed E-state index contributed by atoms with van der Waals surface area (Å²) in [6, 6.07) is 3.51. The number of hydrogen-bond acceptors (Lipinski definition) is 6. The molecule has 2 N–H and O–H groups in total. The van der Waals surface area contributed by atoms with Gasteiger partial charge in [-0.15, -0.1) is 14.8 Å². The summed E-state index contributed by atoms with van der Waals surface area (Å²) in [4.78, 5) is 0. The average Bonchev–Trinajstić information content (AvgIpc) is 2.60. The summed E-state index contributed by atoms with van der Waals surface area (Å²) < 4.78 is 1.33. The van der Waals surface area contributed by atoms with Gasteiger partial charge in [0.15, 0.2) is 5.65 Å². The second-order valence-corrected chi connectivity index (χ2v) is 3.91. The molecule has 2 rings (SSSR count). The molecule has 0 fully saturated rings. The van der Waals surface area contributed by atoms with Crippen LogP contribution in [0.15, 0.2) is 12.1 Å². The first kappa shape index (κ1) is 9.78. The molecule has 0 radical (unpaired) electrons. The molecule has 0 aliphatic carbocycles. The molecule has 0 spiro atoms. The van der Waals surface area contributed by atoms with Gasteiger partial charge in [0.25, 0.3) is 0 Å². The van der Waals surface area contributed by atoms with Crippen molar-refractivity contribution in [1.29, 1.82) is 0 Å². The fourth-order valence-corrected chi connectivity index (χ4v) is 1.05. The summed E-state index contributed by atoms with van der Waals surface area (Å²) in [6.07, 6.45) is 0. The lowest BCUT2D eigenvalue weighted by molar-refractivity contribution is 0.0944. The zero-order valence-electron chi connectivity index (χ0n) is 8.55. The van der Waals surface area contributed by atoms with Crippen LogP contribution in [-0.4, -0.2) is 42.5 Å². The molecule has 0 unspecified atom stereocenters. The van der Waals surface area contributed by atoms with Gasteiger partial charge in [-0.25, -0.2) is 0 Å². The van der Waals surface area contributed by atoms with Gasteiger partial charge in [0.05, 0.1) is 5.60 Å². The van der Waals surface area contributed by atoms with Crippen molar-refractivity contribution in [2.45, 2.75) is 19.4 Å². The Morgan fingerprint density at radius 3 is 3.00 bits per heavy atom. The Hall–Kier alpha value is -1.76. The largest absolute Gasteiger partial charge is 0.389 e. The number of rotatable bonds is 3. The second kappa shape index (κ2) is 3.43. The number of aliphatic hydroxyl groups is 1. The van der Waals surface area contributed by atoms with Crippen molar-refractivity contribution >= 4 is 11.5 Å². The van der Waals surface area contributed by atoms with E-state index in [4.69, 9.17) is 0 Å². The lowest BCUT2D eigenvalue weighted by Gasteiger charge is -2.17. The predicted molar refractivity (Wildman–Crippen MR) is 53.4 cm³/mol. The summed E-state index contributed by atoms with van der Waals surface area (Å²) in [5, 5.41) is 27.5. The summed E-state index contributed by atoms with van der Waals surface area (Å²) in [5.74, 6) is 0.622. The lowest BCUT2D eigenvalue weighted by atomic mass is 10.1. The van der Waals surface area contributed by atoms with Gasteiger partial charge in [0.2, 0.25) is 0 Å². The Balaban J connectivity index is 2.15. The number of nitrogens with zero attached hydrogens (tertiary/aromatic N) is 5. The van der Waals surface area contributed by atoms with Crippen LogP contribution in [0, 0.1) is 0 Å². The normalized spacial score (nSPS) is 11.9. The van der Waals surface area contributed by atoms with E-state index >= 15 is 0 Å². The zero-order chi connectivity index (χ0) is 10.9. The van der Waals surface area contributed by atoms with E-state index in [9.17, 15) is 5.11 Å². The Bertz CT molecular complexity index is 459. The third-order valence-corrected chi connectivity index (χ3v) is 1.77. The van der Waals surface area contributed by atoms with Gasteiger partial charge >= 0.3 is 0 Å². The van der Waals surface area contributed by atoms with Crippen LogP contribution in [0.3, 0.4) is 0 Å². The molecule has 2 aromatic rings. The fourth-order valence-electron chi connectivity index (χ4n) is 1.05. The van der Waals surface area contributed by atoms with Crippen LogP contribution in [0.2, 0.25) is 0 Å². The summed E-state index contributed by atoms with van der Waals surface area (Å²) in [5.41, 5.74) is -0.194. The van der Waals surface area contributed by atoms with Crippen molar-refractivity contribution in [3.05, 3.63) is 12.1 Å². The molecule has 0 aliphatic rings. The predicted octanol–water partition coefficient (Wildman–Crippen LogP) is -0.298. The molecular weight excluding hydrogens is 196 g/mol. The molecule has 7 nitrogen and oxygen atoms in total. The number of nitrogens with one attached hydrogen (secondary N) is 1. The van der Waals surface area contributed by atoms with Crippen molar-refractivity contribution in [1.82, 2.24) is 25.3 Å². The van der Waals surface area contributed by atoms with Crippen molar-refractivity contribution in [3.63, 3.8) is 0 Å². The summed E-state index contributed by atoms with van der Waals surface area (Å²) in [7, 11) is 0. The minimum atomic E-state index is -0.781. The van der Waals surface area contributed by atoms with E-state index in [0.29, 0.717) is 18.0 Å². The molecule has 0 atom stereocenters. The molecule has 7 heteroatoms. The average molecular weight is 208 g/mol. The van der Waals surface area contributed by atoms with Gasteiger partial charge in [-0.2, -0.15) is 0 Å². The molecule has 15 heavy (non-hydrogen) atoms. The first-order chi connectivity index (χ1) is 7.04. The lowest BCUT2D eigenvalue weighted by Crippen LogP contribution is -2.29. The van der Waals surface area contributed by atoms with Crippen LogP contribution in [0.1, 0.15) is 13.8 Å². The van der Waals surface area contributed by atoms with E-state index < -0.39 is 5.60 Å². The molecular formula is C8H12N6O. The Kier molecular flexibility index (Phi) is 2.24. The first-order valence-electron chi connectivity index (χ1n) is 4.56. The fraction of sp³-hybridized carbons (Fsp3) is 0.500. The van der Waals surface area contributed by atoms with E-state index in [2.05, 4.69) is 25.9 Å². The van der Waals surface area contributed by atoms with Crippen molar-refractivity contribution in [3.8, 4) is 0 Å². The minimum absolute atomic E-state index is 0.410. The highest BCUT2D eigenvalue weighted by Crippen LogP contribution is 2.06. The molecule has 0 aliphatic heterocycles. The van der Waals surface area contributed by atoms with Crippen molar-refractivity contribution in [2.75, 3.05) is 11.9 Å². The highest BCUT2D eigenvalue weighted by Gasteiger charge is 2.12. The molecule has 0 aromatic carbocycles. The van der Waals surface area contributed by atoms with Crippen molar-refractivity contribution in [2.24, 2.45) is 0 Å². The van der Waals surface area contributed by atoms with E-state index in [1.54, 1.807) is 26.0 Å². The number of tetrazole rings is 1. The highest BCUT2D eigenvalue weighted by molar-refractivity contribution is 5.42. The van der Waals surface area contributed by atoms with Crippen LogP contribution in [0.5, 0.6) is 0 Å². The van der Waals surface area contributed by atoms with Gasteiger partial charge < -0.3 is 10.4 Å². The van der Waals surface area contributed by atoms with Crippen LogP contribution in [0.4, 0.5) is 5.82 Å². The van der Waals surface area contributed by atoms with Crippen LogP contribution >= 0.6 is 0 Å². The molecule has 2 heterocycles. The highest BCUT2D eigenvalue weighted by atomic mass is 16.3. The van der Waals surface area contributed by atoms with E-state index in [-0.39, 0.29) is 0 Å². The van der Waals surface area contributed by atoms with Gasteiger partial charge in [0.1, 0.15) is 5.82 Å². The third-order valence-electron chi connectivity index (χ3n) is 1.77. The standard InChI is InChI=1S/C8H12N6O/c1-8(2,15)5-9-6-3-4-7-10-12-13-14(7)11-6/h3-4,15H,5H2,1-2H3,(H,9,11). The molecule has 0 bridgehead atoms. The second-order valence-electron chi connectivity index (χ2n) is 3.91. The van der Waals surface area contributed by atoms with E-state index in [1.807, 2.05) is 0 Å². The first-order valence-corrected chi connectivity index (χ1v) is 4.56. The Labute approximate surface area is 86.1 Å². The molecule has 80 valence electrons.